The number of hydrogen-bond acceptors (Lipinski definition) is 4. The highest BCUT2D eigenvalue weighted by molar-refractivity contribution is 6.00. The van der Waals surface area contributed by atoms with Gasteiger partial charge >= 0.3 is 0 Å². The highest BCUT2D eigenvalue weighted by Gasteiger charge is 2.28. The Hall–Kier alpha value is -2.89. The summed E-state index contributed by atoms with van der Waals surface area (Å²) in [5.41, 5.74) is 2.12. The number of pyridine rings is 1. The molecule has 6 heteroatoms. The van der Waals surface area contributed by atoms with Gasteiger partial charge in [0.25, 0.3) is 0 Å². The van der Waals surface area contributed by atoms with E-state index in [9.17, 15) is 9.59 Å². The van der Waals surface area contributed by atoms with E-state index in [-0.39, 0.29) is 11.8 Å². The molecule has 0 unspecified atom stereocenters. The first-order valence-corrected chi connectivity index (χ1v) is 8.89. The third kappa shape index (κ3) is 4.39. The van der Waals surface area contributed by atoms with Crippen LogP contribution in [0.5, 0.6) is 0 Å². The molecule has 3 rings (SSSR count). The molecule has 2 N–H and O–H groups in total. The second-order valence-corrected chi connectivity index (χ2v) is 6.53. The van der Waals surface area contributed by atoms with Crippen molar-refractivity contribution in [3.8, 4) is 0 Å². The number of rotatable bonds is 6. The van der Waals surface area contributed by atoms with Crippen LogP contribution in [0.4, 0.5) is 5.82 Å². The monoisotopic (exact) mass is 352 g/mol. The Morgan fingerprint density at radius 2 is 2.08 bits per heavy atom. The average Bonchev–Trinajstić information content (AvgIpc) is 2.67. The number of hydrogen-bond donors (Lipinski definition) is 2. The summed E-state index contributed by atoms with van der Waals surface area (Å²) < 4.78 is 0. The van der Waals surface area contributed by atoms with Crippen LogP contribution in [0.15, 0.2) is 48.7 Å². The number of carbonyl (C=O) groups excluding carboxylic acids is 2. The SMILES string of the molecule is CN(Cc1ccccc1)c1ncccc1CNC(=O)[C@H]1CCCNC1=O. The summed E-state index contributed by atoms with van der Waals surface area (Å²) in [4.78, 5) is 30.7. The van der Waals surface area contributed by atoms with E-state index in [1.54, 1.807) is 6.20 Å². The summed E-state index contributed by atoms with van der Waals surface area (Å²) in [6.07, 6.45) is 3.18. The highest BCUT2D eigenvalue weighted by atomic mass is 16.2. The molecular formula is C20H24N4O2. The van der Waals surface area contributed by atoms with E-state index >= 15 is 0 Å². The summed E-state index contributed by atoms with van der Waals surface area (Å²) in [7, 11) is 1.98. The minimum absolute atomic E-state index is 0.179. The number of carbonyl (C=O) groups is 2. The van der Waals surface area contributed by atoms with Gasteiger partial charge in [0.1, 0.15) is 11.7 Å². The lowest BCUT2D eigenvalue weighted by Gasteiger charge is -2.23. The fraction of sp³-hybridized carbons (Fsp3) is 0.350. The lowest BCUT2D eigenvalue weighted by Crippen LogP contribution is -2.44. The van der Waals surface area contributed by atoms with Gasteiger partial charge in [0.15, 0.2) is 0 Å². The normalized spacial score (nSPS) is 16.7. The summed E-state index contributed by atoms with van der Waals surface area (Å²) in [6, 6.07) is 14.0. The van der Waals surface area contributed by atoms with E-state index in [4.69, 9.17) is 0 Å². The molecule has 1 fully saturated rings. The quantitative estimate of drug-likeness (QED) is 0.778. The predicted octanol–water partition coefficient (Wildman–Crippen LogP) is 1.86. The van der Waals surface area contributed by atoms with E-state index < -0.39 is 5.92 Å². The summed E-state index contributed by atoms with van der Waals surface area (Å²) in [5, 5.41) is 5.64. The van der Waals surface area contributed by atoms with Gasteiger partial charge < -0.3 is 15.5 Å². The molecule has 6 nitrogen and oxygen atoms in total. The number of benzene rings is 1. The van der Waals surface area contributed by atoms with Crippen molar-refractivity contribution in [2.24, 2.45) is 5.92 Å². The molecule has 1 aliphatic heterocycles. The zero-order chi connectivity index (χ0) is 18.4. The molecule has 0 radical (unpaired) electrons. The van der Waals surface area contributed by atoms with Crippen LogP contribution >= 0.6 is 0 Å². The molecule has 1 aliphatic rings. The molecule has 0 spiro atoms. The van der Waals surface area contributed by atoms with Crippen molar-refractivity contribution in [2.45, 2.75) is 25.9 Å². The molecule has 0 saturated carbocycles. The maximum Gasteiger partial charge on any atom is 0.232 e. The Labute approximate surface area is 153 Å². The fourth-order valence-electron chi connectivity index (χ4n) is 3.17. The number of amides is 2. The maximum absolute atomic E-state index is 12.3. The van der Waals surface area contributed by atoms with Crippen LogP contribution in [-0.2, 0) is 22.7 Å². The van der Waals surface area contributed by atoms with E-state index in [2.05, 4.69) is 32.7 Å². The van der Waals surface area contributed by atoms with Crippen molar-refractivity contribution in [1.29, 1.82) is 0 Å². The third-order valence-corrected chi connectivity index (χ3v) is 4.55. The Morgan fingerprint density at radius 1 is 1.27 bits per heavy atom. The van der Waals surface area contributed by atoms with Crippen LogP contribution in [0, 0.1) is 5.92 Å². The molecule has 0 aliphatic carbocycles. The molecule has 136 valence electrons. The number of nitrogens with zero attached hydrogens (tertiary/aromatic N) is 2. The first kappa shape index (κ1) is 17.9. The first-order chi connectivity index (χ1) is 12.6. The van der Waals surface area contributed by atoms with Crippen LogP contribution in [0.2, 0.25) is 0 Å². The molecule has 2 amide bonds. The Morgan fingerprint density at radius 3 is 2.85 bits per heavy atom. The van der Waals surface area contributed by atoms with Gasteiger partial charge in [0, 0.05) is 38.4 Å². The third-order valence-electron chi connectivity index (χ3n) is 4.55. The zero-order valence-electron chi connectivity index (χ0n) is 14.9. The van der Waals surface area contributed by atoms with Crippen LogP contribution in [0.25, 0.3) is 0 Å². The number of anilines is 1. The Balaban J connectivity index is 1.65. The van der Waals surface area contributed by atoms with Crippen LogP contribution in [0.3, 0.4) is 0 Å². The fourth-order valence-corrected chi connectivity index (χ4v) is 3.17. The van der Waals surface area contributed by atoms with Gasteiger partial charge in [-0.1, -0.05) is 36.4 Å². The lowest BCUT2D eigenvalue weighted by atomic mass is 9.98. The van der Waals surface area contributed by atoms with Gasteiger partial charge in [-0.2, -0.15) is 0 Å². The van der Waals surface area contributed by atoms with Gasteiger partial charge in [0.2, 0.25) is 11.8 Å². The van der Waals surface area contributed by atoms with Gasteiger partial charge in [-0.25, -0.2) is 4.98 Å². The molecule has 1 aromatic carbocycles. The van der Waals surface area contributed by atoms with E-state index in [0.29, 0.717) is 19.5 Å². The van der Waals surface area contributed by atoms with Crippen molar-refractivity contribution < 1.29 is 9.59 Å². The van der Waals surface area contributed by atoms with Crippen molar-refractivity contribution >= 4 is 17.6 Å². The number of aromatic nitrogens is 1. The summed E-state index contributed by atoms with van der Waals surface area (Å²) in [5.74, 6) is -0.167. The minimum Gasteiger partial charge on any atom is -0.355 e. The van der Waals surface area contributed by atoms with E-state index in [0.717, 1.165) is 24.3 Å². The van der Waals surface area contributed by atoms with Crippen LogP contribution in [-0.4, -0.2) is 30.4 Å². The number of nitrogens with one attached hydrogen (secondary N) is 2. The Kier molecular flexibility index (Phi) is 5.84. The van der Waals surface area contributed by atoms with Crippen LogP contribution in [0.1, 0.15) is 24.0 Å². The smallest absolute Gasteiger partial charge is 0.232 e. The number of piperidine rings is 1. The summed E-state index contributed by atoms with van der Waals surface area (Å²) in [6.45, 7) is 1.73. The van der Waals surface area contributed by atoms with Gasteiger partial charge in [0.05, 0.1) is 0 Å². The van der Waals surface area contributed by atoms with Crippen molar-refractivity contribution in [3.63, 3.8) is 0 Å². The second-order valence-electron chi connectivity index (χ2n) is 6.53. The average molecular weight is 352 g/mol. The topological polar surface area (TPSA) is 74.3 Å². The molecule has 2 heterocycles. The van der Waals surface area contributed by atoms with Gasteiger partial charge in [-0.15, -0.1) is 0 Å². The molecule has 2 aromatic rings. The van der Waals surface area contributed by atoms with Crippen molar-refractivity contribution in [3.05, 3.63) is 59.8 Å². The van der Waals surface area contributed by atoms with Crippen molar-refractivity contribution in [1.82, 2.24) is 15.6 Å². The predicted molar refractivity (Wildman–Crippen MR) is 100 cm³/mol. The second kappa shape index (κ2) is 8.47. The van der Waals surface area contributed by atoms with Gasteiger partial charge in [-0.05, 0) is 24.5 Å². The van der Waals surface area contributed by atoms with E-state index in [1.807, 2.05) is 37.4 Å². The molecule has 1 aromatic heterocycles. The largest absolute Gasteiger partial charge is 0.355 e. The molecule has 0 bridgehead atoms. The molecule has 1 saturated heterocycles. The zero-order valence-corrected chi connectivity index (χ0v) is 14.9. The minimum atomic E-state index is -0.592. The standard InChI is InChI=1S/C20H24N4O2/c1-24(14-15-7-3-2-4-8-15)18-16(9-5-11-21-18)13-23-20(26)17-10-6-12-22-19(17)25/h2-5,7-9,11,17H,6,10,12-14H2,1H3,(H,22,25)(H,23,26)/t17-/m0/s1. The summed E-state index contributed by atoms with van der Waals surface area (Å²) >= 11 is 0. The maximum atomic E-state index is 12.3. The first-order valence-electron chi connectivity index (χ1n) is 8.89. The van der Waals surface area contributed by atoms with Gasteiger partial charge in [-0.3, -0.25) is 9.59 Å². The van der Waals surface area contributed by atoms with Crippen LogP contribution < -0.4 is 15.5 Å². The van der Waals surface area contributed by atoms with Crippen molar-refractivity contribution in [2.75, 3.05) is 18.5 Å². The lowest BCUT2D eigenvalue weighted by molar-refractivity contribution is -0.136. The van der Waals surface area contributed by atoms with E-state index in [1.165, 1.54) is 5.56 Å². The molecular weight excluding hydrogens is 328 g/mol. The molecule has 26 heavy (non-hydrogen) atoms. The Bertz CT molecular complexity index is 763. The molecule has 1 atom stereocenters. The highest BCUT2D eigenvalue weighted by Crippen LogP contribution is 2.19.